The molecule has 8 nitrogen and oxygen atoms in total. The van der Waals surface area contributed by atoms with E-state index in [1.54, 1.807) is 6.20 Å². The summed E-state index contributed by atoms with van der Waals surface area (Å²) in [7, 11) is 0. The van der Waals surface area contributed by atoms with E-state index in [4.69, 9.17) is 9.72 Å². The molecule has 3 aromatic heterocycles. The number of nitrogens with zero attached hydrogens (tertiary/aromatic N) is 4. The van der Waals surface area contributed by atoms with E-state index >= 15 is 0 Å². The number of fused-ring (bicyclic) bond motifs is 3. The summed E-state index contributed by atoms with van der Waals surface area (Å²) in [6.45, 7) is 2.22. The van der Waals surface area contributed by atoms with Gasteiger partial charge in [0.2, 0.25) is 5.91 Å². The fraction of sp³-hybridized carbons (Fsp3) is 0.583. The van der Waals surface area contributed by atoms with Crippen molar-refractivity contribution in [2.75, 3.05) is 19.8 Å². The zero-order chi connectivity index (χ0) is 22.0. The lowest BCUT2D eigenvalue weighted by atomic mass is 9.79. The van der Waals surface area contributed by atoms with Crippen molar-refractivity contribution in [1.29, 1.82) is 5.26 Å². The minimum atomic E-state index is -0.330. The highest BCUT2D eigenvalue weighted by atomic mass is 16.5. The second kappa shape index (κ2) is 8.91. The lowest BCUT2D eigenvalue weighted by Gasteiger charge is -2.38. The Balaban J connectivity index is 1.52. The molecule has 0 bridgehead atoms. The molecule has 4 heterocycles. The van der Waals surface area contributed by atoms with Gasteiger partial charge in [0.05, 0.1) is 36.2 Å². The maximum absolute atomic E-state index is 13.0. The van der Waals surface area contributed by atoms with Crippen molar-refractivity contribution in [3.63, 3.8) is 0 Å². The zero-order valence-electron chi connectivity index (χ0n) is 18.4. The van der Waals surface area contributed by atoms with Gasteiger partial charge in [-0.15, -0.1) is 0 Å². The molecule has 32 heavy (non-hydrogen) atoms. The molecule has 5 rings (SSSR count). The Labute approximate surface area is 187 Å². The first kappa shape index (κ1) is 21.0. The van der Waals surface area contributed by atoms with Gasteiger partial charge in [0.1, 0.15) is 17.0 Å². The quantitative estimate of drug-likeness (QED) is 0.616. The molecule has 0 unspecified atom stereocenters. The number of H-pyrrole nitrogens is 1. The number of aromatic nitrogens is 4. The van der Waals surface area contributed by atoms with Crippen molar-refractivity contribution in [1.82, 2.24) is 24.8 Å². The number of carbonyl (C=O) groups is 1. The Kier molecular flexibility index (Phi) is 5.83. The van der Waals surface area contributed by atoms with E-state index in [2.05, 4.69) is 25.9 Å². The summed E-state index contributed by atoms with van der Waals surface area (Å²) >= 11 is 0. The van der Waals surface area contributed by atoms with Gasteiger partial charge < -0.3 is 19.6 Å². The van der Waals surface area contributed by atoms with Crippen LogP contribution in [0.15, 0.2) is 18.5 Å². The highest BCUT2D eigenvalue weighted by Crippen LogP contribution is 2.42. The molecule has 3 aromatic rings. The fourth-order valence-corrected chi connectivity index (χ4v) is 5.50. The van der Waals surface area contributed by atoms with Gasteiger partial charge in [-0.25, -0.2) is 9.97 Å². The summed E-state index contributed by atoms with van der Waals surface area (Å²) in [5.41, 5.74) is 2.24. The standard InChI is InChI=1S/C24H30N6O2/c25-10-9-24(7-2-1-3-8-24)30-20(14-21(31)27-15-17-5-12-32-13-6-17)29-19-16-28-23-18(22(19)30)4-11-26-23/h4,11,16-17H,1-3,5-9,12-15H2,(H,26,28)(H,27,31). The number of amides is 1. The Hall–Kier alpha value is -2.92. The molecule has 8 heteroatoms. The third kappa shape index (κ3) is 3.86. The Morgan fingerprint density at radius 3 is 2.91 bits per heavy atom. The van der Waals surface area contributed by atoms with E-state index < -0.39 is 0 Å². The Bertz CT molecular complexity index is 1140. The molecule has 2 fully saturated rings. The average Bonchev–Trinajstić information content (AvgIpc) is 3.43. The number of pyridine rings is 1. The number of ether oxygens (including phenoxy) is 1. The van der Waals surface area contributed by atoms with Gasteiger partial charge in [0.15, 0.2) is 0 Å². The first-order valence-corrected chi connectivity index (χ1v) is 11.8. The van der Waals surface area contributed by atoms with E-state index in [0.29, 0.717) is 18.9 Å². The minimum absolute atomic E-state index is 0.0192. The van der Waals surface area contributed by atoms with Crippen LogP contribution in [0.5, 0.6) is 0 Å². The summed E-state index contributed by atoms with van der Waals surface area (Å²) in [6, 6.07) is 4.45. The van der Waals surface area contributed by atoms with Crippen LogP contribution in [0.2, 0.25) is 0 Å². The molecule has 168 valence electrons. The normalized spacial score (nSPS) is 19.2. The van der Waals surface area contributed by atoms with Crippen LogP contribution in [0.25, 0.3) is 22.1 Å². The van der Waals surface area contributed by atoms with Crippen molar-refractivity contribution >= 4 is 28.0 Å². The van der Waals surface area contributed by atoms with Crippen LogP contribution in [0.4, 0.5) is 0 Å². The second-order valence-electron chi connectivity index (χ2n) is 9.25. The van der Waals surface area contributed by atoms with E-state index in [9.17, 15) is 10.1 Å². The largest absolute Gasteiger partial charge is 0.381 e. The number of aromatic amines is 1. The van der Waals surface area contributed by atoms with Crippen LogP contribution in [-0.2, 0) is 21.5 Å². The molecule has 2 N–H and O–H groups in total. The zero-order valence-corrected chi connectivity index (χ0v) is 18.4. The third-order valence-electron chi connectivity index (χ3n) is 7.18. The van der Waals surface area contributed by atoms with Crippen molar-refractivity contribution in [3.05, 3.63) is 24.3 Å². The SMILES string of the molecule is N#CCC1(n2c(CC(=O)NCC3CCOCC3)nc3cnc4[nH]ccc4c32)CCCCC1. The van der Waals surface area contributed by atoms with Crippen molar-refractivity contribution in [2.45, 2.75) is 63.3 Å². The topological polar surface area (TPSA) is 109 Å². The van der Waals surface area contributed by atoms with Crippen molar-refractivity contribution in [3.8, 4) is 6.07 Å². The van der Waals surface area contributed by atoms with Crippen molar-refractivity contribution in [2.24, 2.45) is 5.92 Å². The minimum Gasteiger partial charge on any atom is -0.381 e. The summed E-state index contributed by atoms with van der Waals surface area (Å²) < 4.78 is 7.65. The van der Waals surface area contributed by atoms with Crippen LogP contribution >= 0.6 is 0 Å². The van der Waals surface area contributed by atoms with Crippen LogP contribution in [0.1, 0.15) is 57.2 Å². The first-order valence-electron chi connectivity index (χ1n) is 11.8. The van der Waals surface area contributed by atoms with Crippen LogP contribution in [-0.4, -0.2) is 45.2 Å². The maximum Gasteiger partial charge on any atom is 0.227 e. The number of hydrogen-bond acceptors (Lipinski definition) is 5. The number of imidazole rings is 1. The lowest BCUT2D eigenvalue weighted by Crippen LogP contribution is -2.38. The van der Waals surface area contributed by atoms with Crippen LogP contribution < -0.4 is 5.32 Å². The third-order valence-corrected chi connectivity index (χ3v) is 7.18. The summed E-state index contributed by atoms with van der Waals surface area (Å²) in [5.74, 6) is 1.19. The number of hydrogen-bond donors (Lipinski definition) is 2. The smallest absolute Gasteiger partial charge is 0.227 e. The molecule has 1 aliphatic carbocycles. The molecule has 1 saturated carbocycles. The maximum atomic E-state index is 13.0. The Morgan fingerprint density at radius 2 is 2.12 bits per heavy atom. The number of nitrogens with one attached hydrogen (secondary N) is 2. The predicted octanol–water partition coefficient (Wildman–Crippen LogP) is 3.57. The average molecular weight is 435 g/mol. The number of rotatable bonds is 6. The van der Waals surface area contributed by atoms with Gasteiger partial charge in [-0.1, -0.05) is 19.3 Å². The van der Waals surface area contributed by atoms with E-state index in [1.807, 2.05) is 12.3 Å². The fourth-order valence-electron chi connectivity index (χ4n) is 5.50. The molecular formula is C24H30N6O2. The van der Waals surface area contributed by atoms with Gasteiger partial charge >= 0.3 is 0 Å². The highest BCUT2D eigenvalue weighted by Gasteiger charge is 2.38. The first-order chi connectivity index (χ1) is 15.7. The molecule has 0 atom stereocenters. The second-order valence-corrected chi connectivity index (χ2v) is 9.25. The lowest BCUT2D eigenvalue weighted by molar-refractivity contribution is -0.121. The molecule has 0 radical (unpaired) electrons. The molecule has 1 amide bonds. The van der Waals surface area contributed by atoms with Gasteiger partial charge in [-0.2, -0.15) is 5.26 Å². The van der Waals surface area contributed by atoms with Crippen LogP contribution in [0, 0.1) is 17.2 Å². The van der Waals surface area contributed by atoms with Gasteiger partial charge in [0, 0.05) is 31.3 Å². The van der Waals surface area contributed by atoms with Crippen LogP contribution in [0.3, 0.4) is 0 Å². The van der Waals surface area contributed by atoms with Crippen molar-refractivity contribution < 1.29 is 9.53 Å². The molecule has 0 spiro atoms. The van der Waals surface area contributed by atoms with E-state index in [1.165, 1.54) is 6.42 Å². The molecule has 0 aromatic carbocycles. The number of carbonyl (C=O) groups excluding carboxylic acids is 1. The van der Waals surface area contributed by atoms with Gasteiger partial charge in [0.25, 0.3) is 0 Å². The molecule has 1 saturated heterocycles. The van der Waals surface area contributed by atoms with E-state index in [-0.39, 0.29) is 17.9 Å². The van der Waals surface area contributed by atoms with E-state index in [0.717, 1.165) is 79.6 Å². The summed E-state index contributed by atoms with van der Waals surface area (Å²) in [4.78, 5) is 25.5. The Morgan fingerprint density at radius 1 is 1.31 bits per heavy atom. The molecule has 2 aliphatic rings. The number of nitriles is 1. The summed E-state index contributed by atoms with van der Waals surface area (Å²) in [5, 5.41) is 13.8. The highest BCUT2D eigenvalue weighted by molar-refractivity contribution is 6.01. The molecular weight excluding hydrogens is 404 g/mol. The van der Waals surface area contributed by atoms with Gasteiger partial charge in [-0.3, -0.25) is 4.79 Å². The summed E-state index contributed by atoms with van der Waals surface area (Å²) in [6.07, 6.45) is 11.5. The van der Waals surface area contributed by atoms with Gasteiger partial charge in [-0.05, 0) is 37.7 Å². The predicted molar refractivity (Wildman–Crippen MR) is 121 cm³/mol. The monoisotopic (exact) mass is 434 g/mol. The molecule has 1 aliphatic heterocycles.